The quantitative estimate of drug-likeness (QED) is 0.752. The Morgan fingerprint density at radius 2 is 1.70 bits per heavy atom. The Kier molecular flexibility index (Phi) is 6.70. The van der Waals surface area contributed by atoms with Crippen LogP contribution in [-0.4, -0.2) is 18.8 Å². The molecule has 0 saturated carbocycles. The molecule has 0 aromatic heterocycles. The van der Waals surface area contributed by atoms with Gasteiger partial charge < -0.3 is 10.1 Å². The second-order valence-corrected chi connectivity index (χ2v) is 6.35. The SMILES string of the molecule is CCCNC(COC(C)(C)CC)c1cc(C)cc(C)c1. The van der Waals surface area contributed by atoms with Crippen molar-refractivity contribution in [3.63, 3.8) is 0 Å². The first-order valence-electron chi connectivity index (χ1n) is 7.83. The van der Waals surface area contributed by atoms with Crippen molar-refractivity contribution in [1.82, 2.24) is 5.32 Å². The smallest absolute Gasteiger partial charge is 0.0668 e. The Balaban J connectivity index is 2.82. The van der Waals surface area contributed by atoms with Crippen LogP contribution in [0.3, 0.4) is 0 Å². The first-order valence-corrected chi connectivity index (χ1v) is 7.83. The van der Waals surface area contributed by atoms with Crippen LogP contribution >= 0.6 is 0 Å². The molecule has 2 nitrogen and oxygen atoms in total. The molecule has 0 fully saturated rings. The molecule has 0 aliphatic carbocycles. The highest BCUT2D eigenvalue weighted by Gasteiger charge is 2.19. The number of benzene rings is 1. The van der Waals surface area contributed by atoms with E-state index >= 15 is 0 Å². The van der Waals surface area contributed by atoms with Gasteiger partial charge in [0.05, 0.1) is 18.2 Å². The normalized spacial score (nSPS) is 13.5. The fraction of sp³-hybridized carbons (Fsp3) is 0.667. The molecule has 0 spiro atoms. The van der Waals surface area contributed by atoms with Crippen molar-refractivity contribution in [2.45, 2.75) is 66.0 Å². The number of nitrogens with one attached hydrogen (secondary N) is 1. The number of hydrogen-bond donors (Lipinski definition) is 1. The van der Waals surface area contributed by atoms with Gasteiger partial charge in [-0.1, -0.05) is 43.2 Å². The van der Waals surface area contributed by atoms with Gasteiger partial charge in [-0.2, -0.15) is 0 Å². The van der Waals surface area contributed by atoms with E-state index in [0.29, 0.717) is 0 Å². The summed E-state index contributed by atoms with van der Waals surface area (Å²) in [5.41, 5.74) is 3.92. The summed E-state index contributed by atoms with van der Waals surface area (Å²) < 4.78 is 6.11. The molecule has 1 N–H and O–H groups in total. The molecule has 1 aromatic carbocycles. The molecule has 0 heterocycles. The second-order valence-electron chi connectivity index (χ2n) is 6.35. The van der Waals surface area contributed by atoms with Gasteiger partial charge in [0, 0.05) is 0 Å². The van der Waals surface area contributed by atoms with Crippen LogP contribution in [-0.2, 0) is 4.74 Å². The van der Waals surface area contributed by atoms with Gasteiger partial charge in [0.25, 0.3) is 0 Å². The van der Waals surface area contributed by atoms with Crippen LogP contribution in [0.1, 0.15) is 63.3 Å². The van der Waals surface area contributed by atoms with Gasteiger partial charge in [0.2, 0.25) is 0 Å². The van der Waals surface area contributed by atoms with E-state index in [1.807, 2.05) is 0 Å². The Bertz CT molecular complexity index is 392. The van der Waals surface area contributed by atoms with Crippen molar-refractivity contribution in [2.24, 2.45) is 0 Å². The summed E-state index contributed by atoms with van der Waals surface area (Å²) in [4.78, 5) is 0. The number of rotatable bonds is 8. The van der Waals surface area contributed by atoms with Gasteiger partial charge in [0.1, 0.15) is 0 Å². The van der Waals surface area contributed by atoms with Crippen LogP contribution in [0.15, 0.2) is 18.2 Å². The maximum atomic E-state index is 6.11. The average Bonchev–Trinajstić information content (AvgIpc) is 2.37. The van der Waals surface area contributed by atoms with Crippen LogP contribution in [0.5, 0.6) is 0 Å². The largest absolute Gasteiger partial charge is 0.374 e. The maximum Gasteiger partial charge on any atom is 0.0668 e. The Morgan fingerprint density at radius 1 is 1.10 bits per heavy atom. The zero-order valence-corrected chi connectivity index (χ0v) is 14.0. The lowest BCUT2D eigenvalue weighted by Gasteiger charge is -2.28. The number of ether oxygens (including phenoxy) is 1. The monoisotopic (exact) mass is 277 g/mol. The van der Waals surface area contributed by atoms with E-state index < -0.39 is 0 Å². The van der Waals surface area contributed by atoms with Crippen LogP contribution in [0.2, 0.25) is 0 Å². The van der Waals surface area contributed by atoms with Gasteiger partial charge in [-0.05, 0) is 52.6 Å². The fourth-order valence-electron chi connectivity index (χ4n) is 2.21. The molecule has 1 rings (SSSR count). The zero-order chi connectivity index (χ0) is 15.2. The van der Waals surface area contributed by atoms with Gasteiger partial charge in [-0.15, -0.1) is 0 Å². The fourth-order valence-corrected chi connectivity index (χ4v) is 2.21. The van der Waals surface area contributed by atoms with Gasteiger partial charge >= 0.3 is 0 Å². The minimum Gasteiger partial charge on any atom is -0.374 e. The summed E-state index contributed by atoms with van der Waals surface area (Å²) in [7, 11) is 0. The van der Waals surface area contributed by atoms with Crippen LogP contribution in [0, 0.1) is 13.8 Å². The summed E-state index contributed by atoms with van der Waals surface area (Å²) in [5.74, 6) is 0. The standard InChI is InChI=1S/C18H31NO/c1-7-9-19-17(13-20-18(5,6)8-2)16-11-14(3)10-15(4)12-16/h10-12,17,19H,7-9,13H2,1-6H3. The molecular weight excluding hydrogens is 246 g/mol. The van der Waals surface area contributed by atoms with Gasteiger partial charge in [0.15, 0.2) is 0 Å². The highest BCUT2D eigenvalue weighted by Crippen LogP contribution is 2.21. The van der Waals surface area contributed by atoms with E-state index in [4.69, 9.17) is 4.74 Å². The molecule has 0 amide bonds. The first-order chi connectivity index (χ1) is 9.38. The molecule has 2 heteroatoms. The van der Waals surface area contributed by atoms with Gasteiger partial charge in [-0.3, -0.25) is 0 Å². The van der Waals surface area contributed by atoms with E-state index in [2.05, 4.69) is 65.1 Å². The Hall–Kier alpha value is -0.860. The van der Waals surface area contributed by atoms with E-state index in [1.165, 1.54) is 16.7 Å². The Morgan fingerprint density at radius 3 is 2.20 bits per heavy atom. The molecular formula is C18H31NO. The van der Waals surface area contributed by atoms with Crippen LogP contribution < -0.4 is 5.32 Å². The first kappa shape index (κ1) is 17.2. The predicted octanol–water partition coefficient (Wildman–Crippen LogP) is 4.55. The van der Waals surface area contributed by atoms with Gasteiger partial charge in [-0.25, -0.2) is 0 Å². The topological polar surface area (TPSA) is 21.3 Å². The Labute approximate surface area is 124 Å². The van der Waals surface area contributed by atoms with E-state index in [1.54, 1.807) is 0 Å². The summed E-state index contributed by atoms with van der Waals surface area (Å²) in [5, 5.41) is 3.61. The van der Waals surface area contributed by atoms with Crippen molar-refractivity contribution >= 4 is 0 Å². The second kappa shape index (κ2) is 7.80. The summed E-state index contributed by atoms with van der Waals surface area (Å²) in [6, 6.07) is 7.03. The third-order valence-electron chi connectivity index (χ3n) is 3.78. The van der Waals surface area contributed by atoms with Crippen molar-refractivity contribution in [3.8, 4) is 0 Å². The lowest BCUT2D eigenvalue weighted by Crippen LogP contribution is -2.32. The minimum atomic E-state index is -0.0506. The molecule has 20 heavy (non-hydrogen) atoms. The third kappa shape index (κ3) is 5.64. The molecule has 0 bridgehead atoms. The summed E-state index contributed by atoms with van der Waals surface area (Å²) in [6.07, 6.45) is 2.17. The molecule has 114 valence electrons. The van der Waals surface area contributed by atoms with E-state index in [9.17, 15) is 0 Å². The van der Waals surface area contributed by atoms with Crippen molar-refractivity contribution < 1.29 is 4.74 Å². The maximum absolute atomic E-state index is 6.11. The van der Waals surface area contributed by atoms with Crippen LogP contribution in [0.4, 0.5) is 0 Å². The predicted molar refractivity (Wildman–Crippen MR) is 87.3 cm³/mol. The molecule has 1 atom stereocenters. The highest BCUT2D eigenvalue weighted by molar-refractivity contribution is 5.30. The van der Waals surface area contributed by atoms with Crippen molar-refractivity contribution in [2.75, 3.05) is 13.2 Å². The third-order valence-corrected chi connectivity index (χ3v) is 3.78. The molecule has 0 saturated heterocycles. The molecule has 1 unspecified atom stereocenters. The van der Waals surface area contributed by atoms with E-state index in [0.717, 1.165) is 26.0 Å². The number of aryl methyl sites for hydroxylation is 2. The van der Waals surface area contributed by atoms with E-state index in [-0.39, 0.29) is 11.6 Å². The summed E-state index contributed by atoms with van der Waals surface area (Å²) in [6.45, 7) is 14.7. The summed E-state index contributed by atoms with van der Waals surface area (Å²) >= 11 is 0. The molecule has 0 aliphatic heterocycles. The molecule has 0 radical (unpaired) electrons. The average molecular weight is 277 g/mol. The highest BCUT2D eigenvalue weighted by atomic mass is 16.5. The molecule has 0 aliphatic rings. The van der Waals surface area contributed by atoms with Crippen molar-refractivity contribution in [1.29, 1.82) is 0 Å². The lowest BCUT2D eigenvalue weighted by molar-refractivity contribution is -0.0307. The zero-order valence-electron chi connectivity index (χ0n) is 14.0. The van der Waals surface area contributed by atoms with Crippen LogP contribution in [0.25, 0.3) is 0 Å². The number of hydrogen-bond acceptors (Lipinski definition) is 2. The van der Waals surface area contributed by atoms with Crippen molar-refractivity contribution in [3.05, 3.63) is 34.9 Å². The molecule has 1 aromatic rings. The lowest BCUT2D eigenvalue weighted by atomic mass is 10.0. The minimum absolute atomic E-state index is 0.0506.